The van der Waals surface area contributed by atoms with Crippen molar-refractivity contribution in [3.05, 3.63) is 52.5 Å². The third kappa shape index (κ3) is 6.75. The minimum Gasteiger partial charge on any atom is -0.493 e. The number of hydrogen-bond acceptors (Lipinski definition) is 7. The van der Waals surface area contributed by atoms with Crippen molar-refractivity contribution in [1.82, 2.24) is 5.32 Å². The number of nitrogens with zero attached hydrogens (tertiary/aromatic N) is 1. The van der Waals surface area contributed by atoms with Crippen LogP contribution in [0.3, 0.4) is 0 Å². The fourth-order valence-electron chi connectivity index (χ4n) is 4.25. The normalized spacial score (nSPS) is 17.4. The fourth-order valence-corrected chi connectivity index (χ4v) is 4.44. The number of hydrogen-bond donors (Lipinski definition) is 3. The minimum atomic E-state index is -1.23. The molecule has 0 fully saturated rings. The number of aliphatic carboxylic acids is 1. The summed E-state index contributed by atoms with van der Waals surface area (Å²) in [5.74, 6) is -1.22. The number of aliphatic hydroxyl groups excluding tert-OH is 1. The van der Waals surface area contributed by atoms with Crippen molar-refractivity contribution in [3.63, 3.8) is 0 Å². The molecule has 1 heterocycles. The van der Waals surface area contributed by atoms with Crippen LogP contribution in [0.25, 0.3) is 0 Å². The Morgan fingerprint density at radius 3 is 2.53 bits per heavy atom. The van der Waals surface area contributed by atoms with E-state index in [1.165, 1.54) is 19.1 Å². The van der Waals surface area contributed by atoms with Gasteiger partial charge in [-0.3, -0.25) is 14.4 Å². The molecule has 2 aromatic carbocycles. The number of carboxylic acid groups (broad SMARTS) is 1. The Labute approximate surface area is 226 Å². The summed E-state index contributed by atoms with van der Waals surface area (Å²) in [6.45, 7) is 3.50. The first-order chi connectivity index (χ1) is 18.0. The van der Waals surface area contributed by atoms with Crippen molar-refractivity contribution in [2.75, 3.05) is 38.8 Å². The second kappa shape index (κ2) is 12.5. The molecule has 3 N–H and O–H groups in total. The van der Waals surface area contributed by atoms with Gasteiger partial charge in [0, 0.05) is 46.9 Å². The van der Waals surface area contributed by atoms with Crippen LogP contribution in [0.4, 0.5) is 5.69 Å². The molecule has 0 aromatic heterocycles. The molecule has 10 nitrogen and oxygen atoms in total. The zero-order valence-electron chi connectivity index (χ0n) is 21.8. The van der Waals surface area contributed by atoms with Gasteiger partial charge < -0.3 is 34.6 Å². The molecule has 0 saturated heterocycles. The standard InChI is InChI=1S/C27H33ClN2O8/c1-27(2,15-31)14-30-19-9-8-16(28)12-18(19)24(17-6-5-7-20(36-3)25(17)37-4)38-21(26(30)35)13-22(32)29-11-10-23(33)34/h5-9,12,21,24,31H,10-11,13-15H2,1-4H3,(H,29,32)(H,33,34)/t21-,24-/m1/s1. The van der Waals surface area contributed by atoms with Crippen LogP contribution < -0.4 is 19.7 Å². The maximum absolute atomic E-state index is 13.9. The Kier molecular flexibility index (Phi) is 9.59. The number of benzene rings is 2. The first-order valence-corrected chi connectivity index (χ1v) is 12.5. The van der Waals surface area contributed by atoms with Gasteiger partial charge in [-0.15, -0.1) is 0 Å². The van der Waals surface area contributed by atoms with Crippen LogP contribution in [0.5, 0.6) is 11.5 Å². The number of carbonyl (C=O) groups is 3. The molecule has 0 spiro atoms. The smallest absolute Gasteiger partial charge is 0.305 e. The number of aliphatic hydroxyl groups is 1. The third-order valence-corrected chi connectivity index (χ3v) is 6.40. The van der Waals surface area contributed by atoms with Crippen molar-refractivity contribution in [2.24, 2.45) is 5.41 Å². The zero-order valence-corrected chi connectivity index (χ0v) is 22.6. The van der Waals surface area contributed by atoms with Gasteiger partial charge in [0.25, 0.3) is 5.91 Å². The Morgan fingerprint density at radius 2 is 1.89 bits per heavy atom. The van der Waals surface area contributed by atoms with Crippen LogP contribution in [0.1, 0.15) is 43.9 Å². The van der Waals surface area contributed by atoms with Gasteiger partial charge in [-0.05, 0) is 24.3 Å². The van der Waals surface area contributed by atoms with Crippen LogP contribution in [0.15, 0.2) is 36.4 Å². The Morgan fingerprint density at radius 1 is 1.16 bits per heavy atom. The van der Waals surface area contributed by atoms with E-state index in [1.807, 2.05) is 13.8 Å². The third-order valence-electron chi connectivity index (χ3n) is 6.17. The van der Waals surface area contributed by atoms with E-state index < -0.39 is 35.4 Å². The number of fused-ring (bicyclic) bond motifs is 1. The van der Waals surface area contributed by atoms with Crippen LogP contribution in [0.2, 0.25) is 5.02 Å². The summed E-state index contributed by atoms with van der Waals surface area (Å²) in [4.78, 5) is 39.0. The predicted octanol–water partition coefficient (Wildman–Crippen LogP) is 3.18. The van der Waals surface area contributed by atoms with Gasteiger partial charge in [0.15, 0.2) is 11.5 Å². The highest BCUT2D eigenvalue weighted by Gasteiger charge is 2.40. The van der Waals surface area contributed by atoms with Crippen LogP contribution in [-0.2, 0) is 19.1 Å². The number of carboxylic acids is 1. The lowest BCUT2D eigenvalue weighted by atomic mass is 9.92. The highest BCUT2D eigenvalue weighted by Crippen LogP contribution is 2.45. The predicted molar refractivity (Wildman–Crippen MR) is 141 cm³/mol. The lowest BCUT2D eigenvalue weighted by molar-refractivity contribution is -0.139. The first kappa shape index (κ1) is 29.2. The van der Waals surface area contributed by atoms with E-state index >= 15 is 0 Å². The molecule has 2 aromatic rings. The number of amides is 2. The summed E-state index contributed by atoms with van der Waals surface area (Å²) in [5, 5.41) is 21.8. The minimum absolute atomic E-state index is 0.0840. The number of nitrogens with one attached hydrogen (secondary N) is 1. The largest absolute Gasteiger partial charge is 0.493 e. The molecule has 11 heteroatoms. The SMILES string of the molecule is COc1cccc([C@H]2O[C@H](CC(=O)NCCC(=O)O)C(=O)N(CC(C)(C)CO)c3ccc(Cl)cc32)c1OC. The van der Waals surface area contributed by atoms with Gasteiger partial charge in [0.1, 0.15) is 12.2 Å². The second-order valence-corrected chi connectivity index (χ2v) is 10.2. The first-order valence-electron chi connectivity index (χ1n) is 12.1. The molecular formula is C27H33ClN2O8. The average molecular weight is 549 g/mol. The molecule has 0 aliphatic carbocycles. The molecule has 206 valence electrons. The van der Waals surface area contributed by atoms with Gasteiger partial charge in [-0.25, -0.2) is 0 Å². The van der Waals surface area contributed by atoms with Crippen molar-refractivity contribution >= 4 is 35.1 Å². The number of carbonyl (C=O) groups excluding carboxylic acids is 2. The van der Waals surface area contributed by atoms with Gasteiger partial charge >= 0.3 is 5.97 Å². The van der Waals surface area contributed by atoms with Gasteiger partial charge in [0.05, 0.1) is 27.1 Å². The van der Waals surface area contributed by atoms with E-state index in [2.05, 4.69) is 5.32 Å². The molecule has 2 atom stereocenters. The second-order valence-electron chi connectivity index (χ2n) is 9.74. The van der Waals surface area contributed by atoms with Crippen molar-refractivity contribution in [2.45, 2.75) is 38.9 Å². The highest BCUT2D eigenvalue weighted by atomic mass is 35.5. The number of methoxy groups -OCH3 is 2. The molecule has 1 aliphatic heterocycles. The monoisotopic (exact) mass is 548 g/mol. The molecule has 3 rings (SSSR count). The molecule has 0 bridgehead atoms. The van der Waals surface area contributed by atoms with Crippen molar-refractivity contribution < 1.29 is 38.8 Å². The Balaban J connectivity index is 2.14. The van der Waals surface area contributed by atoms with E-state index in [-0.39, 0.29) is 32.5 Å². The number of anilines is 1. The Bertz CT molecular complexity index is 1190. The fraction of sp³-hybridized carbons (Fsp3) is 0.444. The number of para-hydroxylation sites is 1. The zero-order chi connectivity index (χ0) is 28.0. The number of halogens is 1. The van der Waals surface area contributed by atoms with Crippen LogP contribution >= 0.6 is 11.6 Å². The summed E-state index contributed by atoms with van der Waals surface area (Å²) >= 11 is 6.40. The summed E-state index contributed by atoms with van der Waals surface area (Å²) in [5.41, 5.74) is 0.973. The van der Waals surface area contributed by atoms with E-state index in [9.17, 15) is 19.5 Å². The van der Waals surface area contributed by atoms with Crippen LogP contribution in [-0.4, -0.2) is 68.0 Å². The quantitative estimate of drug-likeness (QED) is 0.390. The molecule has 1 aliphatic rings. The Hall–Kier alpha value is -3.34. The molecule has 38 heavy (non-hydrogen) atoms. The maximum Gasteiger partial charge on any atom is 0.305 e. The van der Waals surface area contributed by atoms with Gasteiger partial charge in [-0.1, -0.05) is 37.6 Å². The number of rotatable bonds is 11. The van der Waals surface area contributed by atoms with Gasteiger partial charge in [-0.2, -0.15) is 0 Å². The van der Waals surface area contributed by atoms with E-state index in [0.717, 1.165) is 0 Å². The number of ether oxygens (including phenoxy) is 3. The average Bonchev–Trinajstić information content (AvgIpc) is 2.98. The molecule has 0 unspecified atom stereocenters. The molecule has 0 radical (unpaired) electrons. The molecular weight excluding hydrogens is 516 g/mol. The molecule has 2 amide bonds. The van der Waals surface area contributed by atoms with E-state index in [4.69, 9.17) is 30.9 Å². The van der Waals surface area contributed by atoms with Crippen molar-refractivity contribution in [3.8, 4) is 11.5 Å². The summed E-state index contributed by atoms with van der Waals surface area (Å²) in [6.07, 6.45) is -2.72. The van der Waals surface area contributed by atoms with Gasteiger partial charge in [0.2, 0.25) is 5.91 Å². The highest BCUT2D eigenvalue weighted by molar-refractivity contribution is 6.30. The van der Waals surface area contributed by atoms with Crippen LogP contribution in [0, 0.1) is 5.41 Å². The summed E-state index contributed by atoms with van der Waals surface area (Å²) in [6, 6.07) is 10.3. The maximum atomic E-state index is 13.9. The summed E-state index contributed by atoms with van der Waals surface area (Å²) in [7, 11) is 3.00. The lowest BCUT2D eigenvalue weighted by Crippen LogP contribution is -2.46. The van der Waals surface area contributed by atoms with E-state index in [1.54, 1.807) is 36.4 Å². The van der Waals surface area contributed by atoms with E-state index in [0.29, 0.717) is 33.3 Å². The van der Waals surface area contributed by atoms with Crippen molar-refractivity contribution in [1.29, 1.82) is 0 Å². The lowest BCUT2D eigenvalue weighted by Gasteiger charge is -2.32. The topological polar surface area (TPSA) is 135 Å². The summed E-state index contributed by atoms with van der Waals surface area (Å²) < 4.78 is 17.5. The molecule has 0 saturated carbocycles.